The van der Waals surface area contributed by atoms with Gasteiger partial charge in [-0.3, -0.25) is 5.43 Å². The summed E-state index contributed by atoms with van der Waals surface area (Å²) in [6.07, 6.45) is 2.47. The summed E-state index contributed by atoms with van der Waals surface area (Å²) in [4.78, 5) is 19.4. The number of carboxylic acids is 1. The Balaban J connectivity index is 0. The number of hydrazine groups is 1. The molecule has 0 aliphatic carbocycles. The second-order valence-corrected chi connectivity index (χ2v) is 2.11. The lowest BCUT2D eigenvalue weighted by atomic mass is 10.2. The number of urea groups is 1. The Bertz CT molecular complexity index is 201. The van der Waals surface area contributed by atoms with Crippen molar-refractivity contribution in [1.82, 2.24) is 5.43 Å². The average Bonchev–Trinajstić information content (AvgIpc) is 2.06. The quantitative estimate of drug-likeness (QED) is 0.211. The van der Waals surface area contributed by atoms with Crippen molar-refractivity contribution >= 4 is 12.0 Å². The fourth-order valence-corrected chi connectivity index (χ4v) is 0.393. The van der Waals surface area contributed by atoms with Crippen LogP contribution in [0.3, 0.4) is 0 Å². The smallest absolute Gasteiger partial charge is 0.330 e. The first-order valence-corrected chi connectivity index (χ1v) is 3.61. The van der Waals surface area contributed by atoms with Crippen LogP contribution >= 0.6 is 0 Å². The summed E-state index contributed by atoms with van der Waals surface area (Å²) in [6, 6.07) is -0.718. The van der Waals surface area contributed by atoms with Crippen molar-refractivity contribution in [1.29, 1.82) is 0 Å². The van der Waals surface area contributed by atoms with Crippen molar-refractivity contribution in [2.24, 2.45) is 11.6 Å². The zero-order valence-electron chi connectivity index (χ0n) is 7.70. The van der Waals surface area contributed by atoms with E-state index < -0.39 is 12.0 Å². The van der Waals surface area contributed by atoms with E-state index in [1.165, 1.54) is 0 Å². The van der Waals surface area contributed by atoms with Crippen LogP contribution in [0.25, 0.3) is 0 Å². The van der Waals surface area contributed by atoms with Gasteiger partial charge in [-0.2, -0.15) is 0 Å². The monoisotopic (exact) mass is 189 g/mol. The van der Waals surface area contributed by atoms with E-state index in [4.69, 9.17) is 5.11 Å². The number of nitrogens with one attached hydrogen (secondary N) is 1. The van der Waals surface area contributed by atoms with E-state index in [1.807, 2.05) is 6.92 Å². The van der Waals surface area contributed by atoms with Crippen LogP contribution in [-0.2, 0) is 4.79 Å². The molecule has 0 atom stereocenters. The third kappa shape index (κ3) is 13.4. The number of nitrogens with two attached hydrogens (primary N) is 2. The molecule has 2 amide bonds. The minimum Gasteiger partial charge on any atom is -0.478 e. The normalized spacial score (nSPS) is 9.62. The van der Waals surface area contributed by atoms with Crippen LogP contribution in [0, 0.1) is 0 Å². The lowest BCUT2D eigenvalue weighted by Gasteiger charge is -1.87. The molecule has 0 radical (unpaired) electrons. The SMILES string of the molecule is CCC=C(C)C(=O)O.NNC(N)=O. The molecule has 0 aliphatic heterocycles. The van der Waals surface area contributed by atoms with Crippen molar-refractivity contribution in [3.05, 3.63) is 11.6 Å². The molecule has 6 N–H and O–H groups in total. The van der Waals surface area contributed by atoms with Gasteiger partial charge < -0.3 is 10.8 Å². The molecule has 0 saturated heterocycles. The largest absolute Gasteiger partial charge is 0.478 e. The minimum atomic E-state index is -0.827. The molecule has 0 aliphatic rings. The number of hydrogen-bond acceptors (Lipinski definition) is 3. The highest BCUT2D eigenvalue weighted by atomic mass is 16.4. The van der Waals surface area contributed by atoms with E-state index in [2.05, 4.69) is 11.6 Å². The molecule has 0 heterocycles. The number of rotatable bonds is 2. The predicted octanol–water partition coefficient (Wildman–Crippen LogP) is -0.0443. The molecule has 0 fully saturated rings. The van der Waals surface area contributed by atoms with Gasteiger partial charge in [-0.05, 0) is 13.3 Å². The Morgan fingerprint density at radius 1 is 1.54 bits per heavy atom. The number of amides is 2. The summed E-state index contributed by atoms with van der Waals surface area (Å²) in [5.41, 5.74) is 6.51. The van der Waals surface area contributed by atoms with E-state index in [0.29, 0.717) is 5.57 Å². The number of carboxylic acid groups (broad SMARTS) is 1. The number of allylic oxidation sites excluding steroid dienone is 1. The number of primary amides is 1. The summed E-state index contributed by atoms with van der Waals surface area (Å²) in [7, 11) is 0. The van der Waals surface area contributed by atoms with E-state index >= 15 is 0 Å². The molecule has 0 aromatic carbocycles. The number of carbonyl (C=O) groups excluding carboxylic acids is 1. The Labute approximate surface area is 76.6 Å². The fraction of sp³-hybridized carbons (Fsp3) is 0.429. The molecule has 6 nitrogen and oxygen atoms in total. The van der Waals surface area contributed by atoms with E-state index in [9.17, 15) is 9.59 Å². The standard InChI is InChI=1S/C6H10O2.CH5N3O/c1-3-4-5(2)6(7)8;2-1(5)4-3/h4H,3H2,1-2H3,(H,7,8);3H2,(H3,2,4,5). The Kier molecular flexibility index (Phi) is 9.19. The van der Waals surface area contributed by atoms with Crippen molar-refractivity contribution < 1.29 is 14.7 Å². The summed E-state index contributed by atoms with van der Waals surface area (Å²) in [5, 5.41) is 8.24. The van der Waals surface area contributed by atoms with E-state index in [-0.39, 0.29) is 0 Å². The van der Waals surface area contributed by atoms with Crippen LogP contribution in [0.4, 0.5) is 4.79 Å². The van der Waals surface area contributed by atoms with Crippen LogP contribution in [0.5, 0.6) is 0 Å². The maximum absolute atomic E-state index is 10.0. The molecule has 0 aromatic rings. The third-order valence-corrected chi connectivity index (χ3v) is 0.990. The van der Waals surface area contributed by atoms with Crippen LogP contribution in [-0.4, -0.2) is 17.1 Å². The van der Waals surface area contributed by atoms with Crippen LogP contribution < -0.4 is 17.0 Å². The maximum atomic E-state index is 10.0. The minimum absolute atomic E-state index is 0.424. The second kappa shape index (κ2) is 8.54. The van der Waals surface area contributed by atoms with Gasteiger partial charge in [0.25, 0.3) is 0 Å². The van der Waals surface area contributed by atoms with Gasteiger partial charge in [-0.15, -0.1) is 0 Å². The topological polar surface area (TPSA) is 118 Å². The van der Waals surface area contributed by atoms with Crippen molar-refractivity contribution in [2.75, 3.05) is 0 Å². The fourth-order valence-electron chi connectivity index (χ4n) is 0.393. The van der Waals surface area contributed by atoms with Crippen LogP contribution in [0.15, 0.2) is 11.6 Å². The van der Waals surface area contributed by atoms with Gasteiger partial charge in [-0.1, -0.05) is 13.0 Å². The third-order valence-electron chi connectivity index (χ3n) is 0.990. The van der Waals surface area contributed by atoms with Gasteiger partial charge in [0.15, 0.2) is 0 Å². The molecular weight excluding hydrogens is 174 g/mol. The zero-order chi connectivity index (χ0) is 10.9. The molecule has 0 saturated carbocycles. The number of aliphatic carboxylic acids is 1. The molecule has 13 heavy (non-hydrogen) atoms. The molecule has 0 bridgehead atoms. The lowest BCUT2D eigenvalue weighted by Crippen LogP contribution is -2.34. The van der Waals surface area contributed by atoms with Gasteiger partial charge in [0.1, 0.15) is 0 Å². The Morgan fingerprint density at radius 3 is 2.00 bits per heavy atom. The summed E-state index contributed by atoms with van der Waals surface area (Å²) in [5.74, 6) is 3.62. The first-order valence-electron chi connectivity index (χ1n) is 3.61. The summed E-state index contributed by atoms with van der Waals surface area (Å²) in [6.45, 7) is 3.50. The molecule has 76 valence electrons. The van der Waals surface area contributed by atoms with Crippen LogP contribution in [0.2, 0.25) is 0 Å². The van der Waals surface area contributed by atoms with Crippen LogP contribution in [0.1, 0.15) is 20.3 Å². The molecule has 0 rings (SSSR count). The molecule has 0 spiro atoms. The van der Waals surface area contributed by atoms with Gasteiger partial charge in [-0.25, -0.2) is 15.4 Å². The average molecular weight is 189 g/mol. The van der Waals surface area contributed by atoms with Gasteiger partial charge in [0.2, 0.25) is 0 Å². The summed E-state index contributed by atoms with van der Waals surface area (Å²) >= 11 is 0. The van der Waals surface area contributed by atoms with E-state index in [0.717, 1.165) is 6.42 Å². The second-order valence-electron chi connectivity index (χ2n) is 2.11. The van der Waals surface area contributed by atoms with Crippen molar-refractivity contribution in [2.45, 2.75) is 20.3 Å². The Hall–Kier alpha value is -1.56. The van der Waals surface area contributed by atoms with Gasteiger partial charge in [0, 0.05) is 5.57 Å². The predicted molar refractivity (Wildman–Crippen MR) is 48.6 cm³/mol. The Morgan fingerprint density at radius 2 is 1.92 bits per heavy atom. The van der Waals surface area contributed by atoms with Crippen molar-refractivity contribution in [3.63, 3.8) is 0 Å². The molecule has 6 heteroatoms. The summed E-state index contributed by atoms with van der Waals surface area (Å²) < 4.78 is 0. The van der Waals surface area contributed by atoms with E-state index in [1.54, 1.807) is 18.4 Å². The first kappa shape index (κ1) is 14.0. The molecular formula is C7H15N3O3. The highest BCUT2D eigenvalue weighted by Crippen LogP contribution is 1.92. The highest BCUT2D eigenvalue weighted by molar-refractivity contribution is 5.85. The highest BCUT2D eigenvalue weighted by Gasteiger charge is 1.94. The van der Waals surface area contributed by atoms with Gasteiger partial charge in [0.05, 0.1) is 0 Å². The number of hydrogen-bond donors (Lipinski definition) is 4. The molecule has 0 aromatic heterocycles. The number of carbonyl (C=O) groups is 2. The van der Waals surface area contributed by atoms with Gasteiger partial charge >= 0.3 is 12.0 Å². The maximum Gasteiger partial charge on any atom is 0.330 e. The lowest BCUT2D eigenvalue weighted by molar-refractivity contribution is -0.132. The van der Waals surface area contributed by atoms with Crippen molar-refractivity contribution in [3.8, 4) is 0 Å². The molecule has 0 unspecified atom stereocenters. The zero-order valence-corrected chi connectivity index (χ0v) is 7.70. The first-order chi connectivity index (χ1) is 5.95.